The van der Waals surface area contributed by atoms with Crippen LogP contribution in [-0.2, 0) is 22.8 Å². The third kappa shape index (κ3) is 4.10. The lowest BCUT2D eigenvalue weighted by Crippen LogP contribution is -2.37. The molecule has 4 rings (SSSR count). The zero-order chi connectivity index (χ0) is 22.5. The van der Waals surface area contributed by atoms with Gasteiger partial charge < -0.3 is 10.6 Å². The minimum atomic E-state index is -2.29. The highest BCUT2D eigenvalue weighted by atomic mass is 35.5. The number of pyridine rings is 1. The number of rotatable bonds is 7. The third-order valence-electron chi connectivity index (χ3n) is 6.08. The minimum Gasteiger partial charge on any atom is -0.331 e. The highest BCUT2D eigenvalue weighted by Crippen LogP contribution is 2.40. The Morgan fingerprint density at radius 3 is 2.65 bits per heavy atom. The second-order valence-corrected chi connectivity index (χ2v) is 11.7. The van der Waals surface area contributed by atoms with E-state index in [1.807, 2.05) is 20.0 Å². The van der Waals surface area contributed by atoms with Gasteiger partial charge in [0.15, 0.2) is 0 Å². The van der Waals surface area contributed by atoms with Gasteiger partial charge in [0.1, 0.15) is 0 Å². The number of hydrogen-bond donors (Lipinski definition) is 1. The van der Waals surface area contributed by atoms with Gasteiger partial charge in [-0.1, -0.05) is 29.3 Å². The first-order chi connectivity index (χ1) is 14.6. The van der Waals surface area contributed by atoms with E-state index in [1.54, 1.807) is 21.3 Å². The fourth-order valence-electron chi connectivity index (χ4n) is 4.08. The van der Waals surface area contributed by atoms with Gasteiger partial charge >= 0.3 is 0 Å². The number of nitrogens with two attached hydrogens (primary N) is 1. The molecule has 0 spiro atoms. The molecular formula is C22H26Cl2N4O2S. The second-order valence-electron chi connectivity index (χ2n) is 8.17. The molecule has 1 fully saturated rings. The molecule has 166 valence electrons. The fraction of sp³-hybridized carbons (Fsp3) is 0.409. The smallest absolute Gasteiger partial charge is 0.256 e. The predicted octanol–water partition coefficient (Wildman–Crippen LogP) is 3.50. The fourth-order valence-corrected chi connectivity index (χ4v) is 6.36. The highest BCUT2D eigenvalue weighted by molar-refractivity contribution is 7.98. The minimum absolute atomic E-state index is 0.117. The van der Waals surface area contributed by atoms with Crippen LogP contribution in [0.15, 0.2) is 18.2 Å². The Kier molecular flexibility index (Phi) is 6.09. The first-order valence-corrected chi connectivity index (χ1v) is 12.7. The molecule has 2 N–H and O–H groups in total. The molecule has 1 amide bonds. The van der Waals surface area contributed by atoms with Crippen LogP contribution in [0.4, 0.5) is 0 Å². The summed E-state index contributed by atoms with van der Waals surface area (Å²) in [6.07, 6.45) is 1.91. The summed E-state index contributed by atoms with van der Waals surface area (Å²) >= 11 is 12.6. The van der Waals surface area contributed by atoms with E-state index in [2.05, 4.69) is 10.9 Å². The molecule has 0 saturated heterocycles. The molecule has 0 bridgehead atoms. The van der Waals surface area contributed by atoms with Crippen molar-refractivity contribution in [3.63, 3.8) is 0 Å². The molecule has 2 aliphatic rings. The molecular weight excluding hydrogens is 455 g/mol. The molecule has 0 radical (unpaired) electrons. The van der Waals surface area contributed by atoms with Crippen LogP contribution in [0.5, 0.6) is 0 Å². The van der Waals surface area contributed by atoms with Crippen LogP contribution in [0.1, 0.15) is 40.2 Å². The van der Waals surface area contributed by atoms with E-state index in [9.17, 15) is 9.00 Å². The first kappa shape index (κ1) is 22.6. The molecule has 1 saturated carbocycles. The number of amides is 1. The van der Waals surface area contributed by atoms with Gasteiger partial charge in [-0.3, -0.25) is 14.0 Å². The summed E-state index contributed by atoms with van der Waals surface area (Å²) in [6.45, 7) is 3.45. The molecule has 2 heterocycles. The highest BCUT2D eigenvalue weighted by Gasteiger charge is 2.36. The van der Waals surface area contributed by atoms with E-state index in [-0.39, 0.29) is 17.7 Å². The average Bonchev–Trinajstić information content (AvgIpc) is 3.52. The molecule has 2 aromatic rings. The van der Waals surface area contributed by atoms with Gasteiger partial charge in [0, 0.05) is 61.5 Å². The van der Waals surface area contributed by atoms with E-state index in [0.29, 0.717) is 40.9 Å². The molecule has 9 heteroatoms. The Bertz CT molecular complexity index is 1160. The van der Waals surface area contributed by atoms with Gasteiger partial charge in [-0.2, -0.15) is 0 Å². The summed E-state index contributed by atoms with van der Waals surface area (Å²) in [7, 11) is -0.473. The summed E-state index contributed by atoms with van der Waals surface area (Å²) in [4.78, 5) is 19.8. The van der Waals surface area contributed by atoms with Crippen molar-refractivity contribution < 1.29 is 9.00 Å². The zero-order valence-corrected chi connectivity index (χ0v) is 20.0. The molecule has 1 aliphatic heterocycles. The number of halogens is 2. The Morgan fingerprint density at radius 2 is 2.03 bits per heavy atom. The van der Waals surface area contributed by atoms with Gasteiger partial charge in [-0.15, -0.1) is 0 Å². The van der Waals surface area contributed by atoms with Gasteiger partial charge in [-0.05, 0) is 50.4 Å². The monoisotopic (exact) mass is 480 g/mol. The number of aryl methyl sites for hydroxylation is 1. The Labute approximate surface area is 193 Å². The number of nitrogens with zero attached hydrogens (tertiary/aromatic N) is 3. The van der Waals surface area contributed by atoms with Crippen molar-refractivity contribution in [2.24, 2.45) is 5.73 Å². The maximum absolute atomic E-state index is 13.4. The van der Waals surface area contributed by atoms with Crippen molar-refractivity contribution in [3.8, 4) is 11.1 Å². The lowest BCUT2D eigenvalue weighted by Gasteiger charge is -2.24. The van der Waals surface area contributed by atoms with Crippen molar-refractivity contribution in [3.05, 3.63) is 50.8 Å². The number of likely N-dealkylation sites (N-methyl/N-ethyl adjacent to an activating group) is 1. The molecule has 1 aromatic carbocycles. The topological polar surface area (TPSA) is 79.5 Å². The Balaban J connectivity index is 1.67. The standard InChI is InChI=1S/C22H26Cl2N4O2S/c1-13-17(11-25)20(16-7-4-14(23)10-18(16)24)21-19(26-13)12-28(22(21)29)9-8-27(2)31(3,30)15-5-6-15/h4,7,10,15H,3,5-6,8-9,11-12,25H2,1-2H3. The molecule has 6 nitrogen and oxygen atoms in total. The Hall–Kier alpha value is -1.64. The van der Waals surface area contributed by atoms with Gasteiger partial charge in [0.2, 0.25) is 0 Å². The summed E-state index contributed by atoms with van der Waals surface area (Å²) in [5, 5.41) is 1.15. The maximum Gasteiger partial charge on any atom is 0.256 e. The predicted molar refractivity (Wildman–Crippen MR) is 128 cm³/mol. The van der Waals surface area contributed by atoms with Crippen molar-refractivity contribution in [2.45, 2.75) is 38.1 Å². The van der Waals surface area contributed by atoms with Gasteiger partial charge in [-0.25, -0.2) is 4.31 Å². The molecule has 1 atom stereocenters. The number of aromatic nitrogens is 1. The number of hydrogen-bond acceptors (Lipinski definition) is 4. The van der Waals surface area contributed by atoms with Crippen molar-refractivity contribution in [2.75, 3.05) is 20.1 Å². The number of carbonyl (C=O) groups is 1. The Morgan fingerprint density at radius 1 is 1.32 bits per heavy atom. The molecule has 1 aromatic heterocycles. The van der Waals surface area contributed by atoms with Crippen molar-refractivity contribution >= 4 is 44.7 Å². The van der Waals surface area contributed by atoms with Crippen LogP contribution >= 0.6 is 23.2 Å². The second kappa shape index (κ2) is 8.37. The van der Waals surface area contributed by atoms with Crippen LogP contribution in [0.25, 0.3) is 11.1 Å². The lowest BCUT2D eigenvalue weighted by atomic mass is 9.93. The van der Waals surface area contributed by atoms with E-state index in [0.717, 1.165) is 35.2 Å². The summed E-state index contributed by atoms with van der Waals surface area (Å²) in [6, 6.07) is 5.23. The molecule has 31 heavy (non-hydrogen) atoms. The van der Waals surface area contributed by atoms with Crippen LogP contribution in [0, 0.1) is 6.92 Å². The van der Waals surface area contributed by atoms with E-state index >= 15 is 0 Å². The SMILES string of the molecule is C=S(=O)(C1CC1)N(C)CCN1Cc2nc(C)c(CN)c(-c3ccc(Cl)cc3Cl)c2C1=O. The van der Waals surface area contributed by atoms with E-state index in [4.69, 9.17) is 28.9 Å². The summed E-state index contributed by atoms with van der Waals surface area (Å²) in [5.74, 6) is 3.82. The molecule has 1 aliphatic carbocycles. The normalized spacial score (nSPS) is 17.9. The average molecular weight is 481 g/mol. The quantitative estimate of drug-likeness (QED) is 0.614. The van der Waals surface area contributed by atoms with E-state index in [1.165, 1.54) is 0 Å². The largest absolute Gasteiger partial charge is 0.331 e. The number of carbonyl (C=O) groups excluding carboxylic acids is 1. The number of fused-ring (bicyclic) bond motifs is 1. The van der Waals surface area contributed by atoms with Crippen LogP contribution in [0.2, 0.25) is 10.0 Å². The van der Waals surface area contributed by atoms with Crippen molar-refractivity contribution in [1.29, 1.82) is 0 Å². The summed E-state index contributed by atoms with van der Waals surface area (Å²) < 4.78 is 14.6. The lowest BCUT2D eigenvalue weighted by molar-refractivity contribution is 0.0774. The van der Waals surface area contributed by atoms with Crippen molar-refractivity contribution in [1.82, 2.24) is 14.2 Å². The van der Waals surface area contributed by atoms with Gasteiger partial charge in [0.05, 0.1) is 17.8 Å². The zero-order valence-electron chi connectivity index (χ0n) is 17.7. The van der Waals surface area contributed by atoms with Gasteiger partial charge in [0.25, 0.3) is 5.91 Å². The number of benzene rings is 1. The first-order valence-electron chi connectivity index (χ1n) is 10.2. The van der Waals surface area contributed by atoms with Crippen LogP contribution in [0.3, 0.4) is 0 Å². The maximum atomic E-state index is 13.4. The van der Waals surface area contributed by atoms with Crippen LogP contribution in [-0.4, -0.2) is 55.6 Å². The van der Waals surface area contributed by atoms with Crippen LogP contribution < -0.4 is 5.73 Å². The summed E-state index contributed by atoms with van der Waals surface area (Å²) in [5.41, 5.74) is 10.3. The van der Waals surface area contributed by atoms with E-state index < -0.39 is 9.71 Å². The molecule has 1 unspecified atom stereocenters. The third-order valence-corrected chi connectivity index (χ3v) is 9.38.